The number of urea groups is 1. The maximum absolute atomic E-state index is 11.8. The van der Waals surface area contributed by atoms with Gasteiger partial charge < -0.3 is 15.3 Å². The molecular formula is C12H24N2O3S. The lowest BCUT2D eigenvalue weighted by Gasteiger charge is -2.26. The van der Waals surface area contributed by atoms with Crippen LogP contribution in [0.2, 0.25) is 0 Å². The van der Waals surface area contributed by atoms with E-state index in [1.54, 1.807) is 16.7 Å². The van der Waals surface area contributed by atoms with E-state index >= 15 is 0 Å². The number of hydrogen-bond donors (Lipinski definition) is 2. The van der Waals surface area contributed by atoms with Gasteiger partial charge in [-0.15, -0.1) is 0 Å². The van der Waals surface area contributed by atoms with Crippen LogP contribution in [0.25, 0.3) is 0 Å². The Labute approximate surface area is 113 Å². The molecule has 106 valence electrons. The molecule has 2 N–H and O–H groups in total. The van der Waals surface area contributed by atoms with E-state index in [-0.39, 0.29) is 25.0 Å². The minimum atomic E-state index is -0.881. The Kier molecular flexibility index (Phi) is 9.55. The van der Waals surface area contributed by atoms with Gasteiger partial charge in [0.2, 0.25) is 0 Å². The highest BCUT2D eigenvalue weighted by atomic mass is 32.2. The molecule has 0 aliphatic carbocycles. The van der Waals surface area contributed by atoms with Crippen LogP contribution in [0.5, 0.6) is 0 Å². The summed E-state index contributed by atoms with van der Waals surface area (Å²) in [6.07, 6.45) is 4.08. The van der Waals surface area contributed by atoms with Gasteiger partial charge in [0, 0.05) is 19.1 Å². The van der Waals surface area contributed by atoms with Gasteiger partial charge >= 0.3 is 12.0 Å². The smallest absolute Gasteiger partial charge is 0.317 e. The van der Waals surface area contributed by atoms with Crippen molar-refractivity contribution in [3.8, 4) is 0 Å². The predicted molar refractivity (Wildman–Crippen MR) is 75.1 cm³/mol. The highest BCUT2D eigenvalue weighted by Gasteiger charge is 2.17. The molecule has 0 atom stereocenters. The summed E-state index contributed by atoms with van der Waals surface area (Å²) in [6, 6.07) is -0.161. The molecule has 0 aliphatic heterocycles. The average molecular weight is 276 g/mol. The first-order valence-electron chi connectivity index (χ1n) is 6.24. The average Bonchev–Trinajstić information content (AvgIpc) is 2.28. The summed E-state index contributed by atoms with van der Waals surface area (Å²) >= 11 is 1.79. The van der Waals surface area contributed by atoms with Crippen molar-refractivity contribution in [2.45, 2.75) is 39.2 Å². The Balaban J connectivity index is 3.95. The summed E-state index contributed by atoms with van der Waals surface area (Å²) in [5.74, 6) is 0.219. The first-order valence-corrected chi connectivity index (χ1v) is 7.63. The second-order valence-corrected chi connectivity index (χ2v) is 5.35. The first-order chi connectivity index (χ1) is 8.49. The molecule has 0 fully saturated rings. The van der Waals surface area contributed by atoms with Crippen LogP contribution in [0.15, 0.2) is 0 Å². The van der Waals surface area contributed by atoms with Gasteiger partial charge in [-0.3, -0.25) is 4.79 Å². The third-order valence-electron chi connectivity index (χ3n) is 2.50. The van der Waals surface area contributed by atoms with E-state index in [1.165, 1.54) is 0 Å². The molecule has 0 unspecified atom stereocenters. The summed E-state index contributed by atoms with van der Waals surface area (Å²) in [5.41, 5.74) is 0. The molecule has 0 heterocycles. The van der Waals surface area contributed by atoms with Crippen LogP contribution in [0.4, 0.5) is 4.79 Å². The zero-order valence-corrected chi connectivity index (χ0v) is 12.3. The Morgan fingerprint density at radius 1 is 1.33 bits per heavy atom. The number of carboxylic acids is 1. The molecule has 5 nitrogen and oxygen atoms in total. The molecule has 0 rings (SSSR count). The number of amides is 2. The maximum atomic E-state index is 11.8. The van der Waals surface area contributed by atoms with Gasteiger partial charge in [0.25, 0.3) is 0 Å². The summed E-state index contributed by atoms with van der Waals surface area (Å²) in [5, 5.41) is 11.5. The quantitative estimate of drug-likeness (QED) is 0.632. The SMILES string of the molecule is CSCCCCNC(=O)N(CCC(=O)O)C(C)C. The number of aliphatic carboxylic acids is 1. The number of carboxylic acid groups (broad SMARTS) is 1. The van der Waals surface area contributed by atoms with E-state index < -0.39 is 5.97 Å². The van der Waals surface area contributed by atoms with Crippen LogP contribution in [-0.4, -0.2) is 53.1 Å². The van der Waals surface area contributed by atoms with E-state index in [1.807, 2.05) is 13.8 Å². The Bertz CT molecular complexity index is 260. The molecule has 6 heteroatoms. The third kappa shape index (κ3) is 8.22. The van der Waals surface area contributed by atoms with Crippen LogP contribution in [0.1, 0.15) is 33.1 Å². The molecular weight excluding hydrogens is 252 g/mol. The van der Waals surface area contributed by atoms with Crippen LogP contribution in [0, 0.1) is 0 Å². The minimum absolute atomic E-state index is 0.00977. The molecule has 0 saturated heterocycles. The van der Waals surface area contributed by atoms with Crippen molar-refractivity contribution in [3.63, 3.8) is 0 Å². The highest BCUT2D eigenvalue weighted by molar-refractivity contribution is 7.98. The van der Waals surface area contributed by atoms with Gasteiger partial charge in [0.15, 0.2) is 0 Å². The van der Waals surface area contributed by atoms with Crippen molar-refractivity contribution in [2.75, 3.05) is 25.1 Å². The molecule has 0 aromatic carbocycles. The fourth-order valence-corrected chi connectivity index (χ4v) is 1.97. The van der Waals surface area contributed by atoms with Crippen molar-refractivity contribution >= 4 is 23.8 Å². The van der Waals surface area contributed by atoms with E-state index in [0.717, 1.165) is 18.6 Å². The maximum Gasteiger partial charge on any atom is 0.317 e. The molecule has 0 radical (unpaired) electrons. The monoisotopic (exact) mass is 276 g/mol. The van der Waals surface area contributed by atoms with E-state index in [0.29, 0.717) is 6.54 Å². The van der Waals surface area contributed by atoms with Crippen LogP contribution >= 0.6 is 11.8 Å². The molecule has 0 bridgehead atoms. The zero-order chi connectivity index (χ0) is 14.0. The van der Waals surface area contributed by atoms with Crippen molar-refractivity contribution in [2.24, 2.45) is 0 Å². The molecule has 0 aromatic rings. The lowest BCUT2D eigenvalue weighted by Crippen LogP contribution is -2.45. The Morgan fingerprint density at radius 2 is 2.00 bits per heavy atom. The second-order valence-electron chi connectivity index (χ2n) is 4.36. The normalized spacial score (nSPS) is 10.4. The fourth-order valence-electron chi connectivity index (χ4n) is 1.48. The molecule has 18 heavy (non-hydrogen) atoms. The lowest BCUT2D eigenvalue weighted by molar-refractivity contribution is -0.137. The van der Waals surface area contributed by atoms with E-state index in [9.17, 15) is 9.59 Å². The van der Waals surface area contributed by atoms with Gasteiger partial charge in [-0.1, -0.05) is 0 Å². The van der Waals surface area contributed by atoms with Gasteiger partial charge in [-0.05, 0) is 38.7 Å². The van der Waals surface area contributed by atoms with Crippen molar-refractivity contribution in [1.29, 1.82) is 0 Å². The fraction of sp³-hybridized carbons (Fsp3) is 0.833. The highest BCUT2D eigenvalue weighted by Crippen LogP contribution is 2.02. The third-order valence-corrected chi connectivity index (χ3v) is 3.20. The summed E-state index contributed by atoms with van der Waals surface area (Å²) < 4.78 is 0. The minimum Gasteiger partial charge on any atom is -0.481 e. The molecule has 0 spiro atoms. The number of nitrogens with one attached hydrogen (secondary N) is 1. The van der Waals surface area contributed by atoms with Gasteiger partial charge in [0.1, 0.15) is 0 Å². The van der Waals surface area contributed by atoms with E-state index in [2.05, 4.69) is 11.6 Å². The van der Waals surface area contributed by atoms with Crippen molar-refractivity contribution in [1.82, 2.24) is 10.2 Å². The van der Waals surface area contributed by atoms with Crippen LogP contribution < -0.4 is 5.32 Å². The van der Waals surface area contributed by atoms with Crippen LogP contribution in [-0.2, 0) is 4.79 Å². The summed E-state index contributed by atoms with van der Waals surface area (Å²) in [4.78, 5) is 23.9. The second kappa shape index (κ2) is 10.1. The number of unbranched alkanes of at least 4 members (excludes halogenated alkanes) is 1. The van der Waals surface area contributed by atoms with Gasteiger partial charge in [0.05, 0.1) is 6.42 Å². The molecule has 2 amide bonds. The Hall–Kier alpha value is -0.910. The number of nitrogens with zero attached hydrogens (tertiary/aromatic N) is 1. The molecule has 0 saturated carbocycles. The van der Waals surface area contributed by atoms with Crippen molar-refractivity contribution in [3.05, 3.63) is 0 Å². The standard InChI is InChI=1S/C12H24N2O3S/c1-10(2)14(8-6-11(15)16)12(17)13-7-4-5-9-18-3/h10H,4-9H2,1-3H3,(H,13,17)(H,15,16). The Morgan fingerprint density at radius 3 is 2.50 bits per heavy atom. The van der Waals surface area contributed by atoms with Gasteiger partial charge in [-0.25, -0.2) is 4.79 Å². The topological polar surface area (TPSA) is 69.6 Å². The number of hydrogen-bond acceptors (Lipinski definition) is 3. The molecule has 0 aromatic heterocycles. The summed E-state index contributed by atoms with van der Waals surface area (Å²) in [7, 11) is 0. The van der Waals surface area contributed by atoms with E-state index in [4.69, 9.17) is 5.11 Å². The van der Waals surface area contributed by atoms with Crippen LogP contribution in [0.3, 0.4) is 0 Å². The first kappa shape index (κ1) is 17.1. The molecule has 0 aliphatic rings. The zero-order valence-electron chi connectivity index (χ0n) is 11.4. The number of thioether (sulfide) groups is 1. The van der Waals surface area contributed by atoms with Crippen molar-refractivity contribution < 1.29 is 14.7 Å². The lowest BCUT2D eigenvalue weighted by atomic mass is 10.3. The predicted octanol–water partition coefficient (Wildman–Crippen LogP) is 2.02. The van der Waals surface area contributed by atoms with Gasteiger partial charge in [-0.2, -0.15) is 11.8 Å². The largest absolute Gasteiger partial charge is 0.481 e. The number of rotatable bonds is 9. The number of carbonyl (C=O) groups is 2. The number of carbonyl (C=O) groups excluding carboxylic acids is 1. The summed E-state index contributed by atoms with van der Waals surface area (Å²) in [6.45, 7) is 4.67.